The molecule has 1 rings (SSSR count). The molecule has 0 unspecified atom stereocenters. The number of allylic oxidation sites excluding steroid dienone is 4. The molecule has 30 heavy (non-hydrogen) atoms. The first kappa shape index (κ1) is 29.9. The molecule has 4 heteroatoms. The minimum absolute atomic E-state index is 0. The fourth-order valence-corrected chi connectivity index (χ4v) is 4.16. The molecule has 3 nitrogen and oxygen atoms in total. The van der Waals surface area contributed by atoms with Crippen molar-refractivity contribution < 1.29 is 9.90 Å². The summed E-state index contributed by atoms with van der Waals surface area (Å²) >= 11 is 0. The third-order valence-electron chi connectivity index (χ3n) is 6.18. The zero-order valence-corrected chi connectivity index (χ0v) is 19.0. The minimum atomic E-state index is -0.599. The Bertz CT molecular complexity index is 442. The van der Waals surface area contributed by atoms with E-state index in [1.54, 1.807) is 0 Å². The molecule has 0 amide bonds. The molecule has 0 heterocycles. The van der Waals surface area contributed by atoms with Gasteiger partial charge in [-0.15, -0.1) is 0 Å². The molecule has 1 aliphatic rings. The molecule has 0 aromatic rings. The number of aliphatic carboxylic acids is 1. The monoisotopic (exact) mass is 429 g/mol. The molecule has 1 fully saturated rings. The van der Waals surface area contributed by atoms with Crippen LogP contribution < -0.4 is 5.32 Å². The SMILES string of the molecule is CCCCC/C=C\C/C=C\CCCCCCCCNC[C@H]1CC[C@H](C(=O)O)CC1.[NaH]. The Morgan fingerprint density at radius 1 is 0.833 bits per heavy atom. The van der Waals surface area contributed by atoms with Crippen molar-refractivity contribution in [3.05, 3.63) is 24.3 Å². The average Bonchev–Trinajstić information content (AvgIpc) is 2.73. The average molecular weight is 430 g/mol. The predicted molar refractivity (Wildman–Crippen MR) is 132 cm³/mol. The van der Waals surface area contributed by atoms with Crippen molar-refractivity contribution in [1.29, 1.82) is 0 Å². The van der Waals surface area contributed by atoms with E-state index in [0.717, 1.165) is 45.2 Å². The Kier molecular flexibility index (Phi) is 22.1. The summed E-state index contributed by atoms with van der Waals surface area (Å²) in [6.45, 7) is 4.45. The van der Waals surface area contributed by atoms with E-state index < -0.39 is 5.97 Å². The predicted octanol–water partition coefficient (Wildman–Crippen LogP) is 6.63. The summed E-state index contributed by atoms with van der Waals surface area (Å²) in [5.41, 5.74) is 0. The van der Waals surface area contributed by atoms with Gasteiger partial charge in [-0.2, -0.15) is 0 Å². The van der Waals surface area contributed by atoms with Gasteiger partial charge in [-0.3, -0.25) is 4.79 Å². The maximum absolute atomic E-state index is 11.0. The Hall–Kier alpha value is -0.0900. The molecule has 2 N–H and O–H groups in total. The molecule has 0 aromatic carbocycles. The van der Waals surface area contributed by atoms with Crippen molar-refractivity contribution in [2.24, 2.45) is 11.8 Å². The fourth-order valence-electron chi connectivity index (χ4n) is 4.16. The summed E-state index contributed by atoms with van der Waals surface area (Å²) in [7, 11) is 0. The molecule has 0 aliphatic heterocycles. The van der Waals surface area contributed by atoms with Gasteiger partial charge in [0.15, 0.2) is 0 Å². The first-order valence-electron chi connectivity index (χ1n) is 12.5. The van der Waals surface area contributed by atoms with Crippen LogP contribution in [-0.4, -0.2) is 53.7 Å². The van der Waals surface area contributed by atoms with Gasteiger partial charge in [-0.05, 0) is 83.2 Å². The number of carboxylic acids is 1. The van der Waals surface area contributed by atoms with Crippen LogP contribution in [0.15, 0.2) is 24.3 Å². The molecule has 1 aliphatic carbocycles. The van der Waals surface area contributed by atoms with Crippen LogP contribution in [0.1, 0.15) is 110 Å². The first-order chi connectivity index (χ1) is 14.2. The number of rotatable bonds is 18. The zero-order chi connectivity index (χ0) is 21.0. The van der Waals surface area contributed by atoms with Crippen LogP contribution in [0.4, 0.5) is 0 Å². The van der Waals surface area contributed by atoms with Gasteiger partial charge in [0, 0.05) is 0 Å². The van der Waals surface area contributed by atoms with Crippen molar-refractivity contribution in [3.63, 3.8) is 0 Å². The van der Waals surface area contributed by atoms with Gasteiger partial charge >= 0.3 is 35.5 Å². The van der Waals surface area contributed by atoms with E-state index in [2.05, 4.69) is 36.5 Å². The summed E-state index contributed by atoms with van der Waals surface area (Å²) in [6, 6.07) is 0. The number of carbonyl (C=O) groups is 1. The van der Waals surface area contributed by atoms with Crippen LogP contribution >= 0.6 is 0 Å². The Labute approximate surface area is 208 Å². The molecule has 0 spiro atoms. The summed E-state index contributed by atoms with van der Waals surface area (Å²) < 4.78 is 0. The van der Waals surface area contributed by atoms with Gasteiger partial charge in [-0.1, -0.05) is 69.8 Å². The van der Waals surface area contributed by atoms with Crippen molar-refractivity contribution in [1.82, 2.24) is 5.32 Å². The number of unbranched alkanes of at least 4 members (excludes halogenated alkanes) is 9. The fraction of sp³-hybridized carbons (Fsp3) is 0.808. The van der Waals surface area contributed by atoms with Gasteiger partial charge in [0.05, 0.1) is 5.92 Å². The number of hydrogen-bond acceptors (Lipinski definition) is 2. The molecular formula is C26H48NNaO2. The molecule has 0 bridgehead atoms. The van der Waals surface area contributed by atoms with E-state index in [-0.39, 0.29) is 35.5 Å². The number of nitrogens with one attached hydrogen (secondary N) is 1. The van der Waals surface area contributed by atoms with Gasteiger partial charge < -0.3 is 10.4 Å². The standard InChI is InChI=1S/C26H47NO2.Na.H/c1-2-3-4-5-6-7-8-9-10-11-12-13-14-15-16-17-22-27-23-24-18-20-25(21-19-24)26(28)29;;/h6-7,9-10,24-25,27H,2-5,8,11-23H2,1H3,(H,28,29);;/b7-6-,10-9-;;/t24-,25-;;. The van der Waals surface area contributed by atoms with Gasteiger partial charge in [0.25, 0.3) is 0 Å². The van der Waals surface area contributed by atoms with Crippen LogP contribution in [0, 0.1) is 11.8 Å². The summed E-state index contributed by atoms with van der Waals surface area (Å²) in [5, 5.41) is 12.6. The van der Waals surface area contributed by atoms with E-state index >= 15 is 0 Å². The van der Waals surface area contributed by atoms with Crippen molar-refractivity contribution in [3.8, 4) is 0 Å². The molecular weight excluding hydrogens is 381 g/mol. The Morgan fingerprint density at radius 2 is 1.40 bits per heavy atom. The van der Waals surface area contributed by atoms with E-state index in [9.17, 15) is 4.79 Å². The van der Waals surface area contributed by atoms with Crippen LogP contribution in [-0.2, 0) is 4.79 Å². The summed E-state index contributed by atoms with van der Waals surface area (Å²) in [6.07, 6.45) is 28.8. The van der Waals surface area contributed by atoms with Crippen LogP contribution in [0.3, 0.4) is 0 Å². The summed E-state index contributed by atoms with van der Waals surface area (Å²) in [4.78, 5) is 11.0. The van der Waals surface area contributed by atoms with E-state index in [1.165, 1.54) is 70.6 Å². The molecule has 170 valence electrons. The second kappa shape index (κ2) is 22.1. The van der Waals surface area contributed by atoms with E-state index in [4.69, 9.17) is 5.11 Å². The second-order valence-electron chi connectivity index (χ2n) is 8.84. The van der Waals surface area contributed by atoms with Gasteiger partial charge in [-0.25, -0.2) is 0 Å². The number of hydrogen-bond donors (Lipinski definition) is 2. The Balaban J connectivity index is 0.00000841. The quantitative estimate of drug-likeness (QED) is 0.146. The third-order valence-corrected chi connectivity index (χ3v) is 6.18. The zero-order valence-electron chi connectivity index (χ0n) is 19.0. The van der Waals surface area contributed by atoms with Crippen LogP contribution in [0.5, 0.6) is 0 Å². The molecule has 0 saturated heterocycles. The van der Waals surface area contributed by atoms with Crippen molar-refractivity contribution in [2.75, 3.05) is 13.1 Å². The Morgan fingerprint density at radius 3 is 2.00 bits per heavy atom. The third kappa shape index (κ3) is 17.6. The molecule has 0 atom stereocenters. The summed E-state index contributed by atoms with van der Waals surface area (Å²) in [5.74, 6) is 0.00635. The van der Waals surface area contributed by atoms with E-state index in [1.807, 2.05) is 0 Å². The van der Waals surface area contributed by atoms with Gasteiger partial charge in [0.2, 0.25) is 0 Å². The number of carboxylic acid groups (broad SMARTS) is 1. The molecule has 0 radical (unpaired) electrons. The normalized spacial score (nSPS) is 19.4. The first-order valence-corrected chi connectivity index (χ1v) is 12.5. The topological polar surface area (TPSA) is 49.3 Å². The second-order valence-corrected chi connectivity index (χ2v) is 8.84. The van der Waals surface area contributed by atoms with Crippen LogP contribution in [0.25, 0.3) is 0 Å². The maximum atomic E-state index is 11.0. The molecule has 1 saturated carbocycles. The molecule has 0 aromatic heterocycles. The van der Waals surface area contributed by atoms with E-state index in [0.29, 0.717) is 5.92 Å². The van der Waals surface area contributed by atoms with Crippen molar-refractivity contribution in [2.45, 2.75) is 110 Å². The van der Waals surface area contributed by atoms with Crippen molar-refractivity contribution >= 4 is 35.5 Å². The van der Waals surface area contributed by atoms with Gasteiger partial charge in [0.1, 0.15) is 0 Å². The van der Waals surface area contributed by atoms with Crippen LogP contribution in [0.2, 0.25) is 0 Å².